The van der Waals surface area contributed by atoms with Crippen molar-refractivity contribution in [1.29, 1.82) is 0 Å². The lowest BCUT2D eigenvalue weighted by Gasteiger charge is -2.28. The molecule has 0 unspecified atom stereocenters. The molecule has 1 aromatic heterocycles. The third-order valence-corrected chi connectivity index (χ3v) is 7.82. The zero-order chi connectivity index (χ0) is 27.6. The molecule has 1 aliphatic carbocycles. The molecule has 0 bridgehead atoms. The first kappa shape index (κ1) is 27.6. The van der Waals surface area contributed by atoms with Gasteiger partial charge in [-0.25, -0.2) is 0 Å². The minimum absolute atomic E-state index is 0.0835. The number of benzene rings is 3. The molecule has 0 aliphatic heterocycles. The van der Waals surface area contributed by atoms with Crippen LogP contribution >= 0.6 is 23.2 Å². The van der Waals surface area contributed by atoms with E-state index < -0.39 is 11.7 Å². The predicted octanol–water partition coefficient (Wildman–Crippen LogP) is 7.73. The van der Waals surface area contributed by atoms with Crippen LogP contribution in [0.15, 0.2) is 72.9 Å². The lowest BCUT2D eigenvalue weighted by Crippen LogP contribution is -2.41. The molecule has 4 aromatic rings. The number of nitrogens with one attached hydrogen (secondary N) is 1. The number of nitrogens with zero attached hydrogens (tertiary/aromatic N) is 2. The van der Waals surface area contributed by atoms with Gasteiger partial charge in [-0.3, -0.25) is 9.69 Å². The van der Waals surface area contributed by atoms with Gasteiger partial charge in [0.2, 0.25) is 5.91 Å². The number of aromatic nitrogens is 1. The average molecular weight is 574 g/mol. The number of amides is 1. The van der Waals surface area contributed by atoms with Crippen LogP contribution in [-0.2, 0) is 30.5 Å². The summed E-state index contributed by atoms with van der Waals surface area (Å²) in [6.45, 7) is 1.22. The van der Waals surface area contributed by atoms with E-state index in [1.807, 2.05) is 35.4 Å². The van der Waals surface area contributed by atoms with Crippen LogP contribution in [-0.4, -0.2) is 39.8 Å². The Bertz CT molecular complexity index is 1470. The van der Waals surface area contributed by atoms with Crippen LogP contribution in [0.3, 0.4) is 0 Å². The molecule has 1 amide bonds. The van der Waals surface area contributed by atoms with Gasteiger partial charge in [0.1, 0.15) is 0 Å². The number of H-pyrrole nitrogens is 1. The van der Waals surface area contributed by atoms with Gasteiger partial charge >= 0.3 is 6.18 Å². The van der Waals surface area contributed by atoms with Crippen molar-refractivity contribution in [3.05, 3.63) is 105 Å². The Balaban J connectivity index is 1.34. The zero-order valence-corrected chi connectivity index (χ0v) is 22.7. The molecule has 1 N–H and O–H groups in total. The molecule has 0 radical (unpaired) electrons. The highest BCUT2D eigenvalue weighted by Gasteiger charge is 2.33. The first-order valence-corrected chi connectivity index (χ1v) is 13.6. The van der Waals surface area contributed by atoms with Crippen LogP contribution in [0.1, 0.15) is 35.1 Å². The number of para-hydroxylation sites is 1. The summed E-state index contributed by atoms with van der Waals surface area (Å²) >= 11 is 12.3. The van der Waals surface area contributed by atoms with Gasteiger partial charge in [0.15, 0.2) is 0 Å². The van der Waals surface area contributed by atoms with Crippen LogP contribution in [0, 0.1) is 0 Å². The van der Waals surface area contributed by atoms with Gasteiger partial charge in [-0.2, -0.15) is 13.2 Å². The summed E-state index contributed by atoms with van der Waals surface area (Å²) in [5.41, 5.74) is 2.87. The van der Waals surface area contributed by atoms with Crippen molar-refractivity contribution >= 4 is 40.0 Å². The van der Waals surface area contributed by atoms with Crippen molar-refractivity contribution in [2.75, 3.05) is 13.1 Å². The number of hydrogen-bond acceptors (Lipinski definition) is 2. The Labute approximate surface area is 235 Å². The SMILES string of the molecule is O=C(CN(Cc1cccc(C(F)(F)F)c1)C1CC1)N(CCc1c[nH]c2ccccc12)Cc1ccc(Cl)c(Cl)c1. The second-order valence-electron chi connectivity index (χ2n) is 10.0. The smallest absolute Gasteiger partial charge is 0.361 e. The van der Waals surface area contributed by atoms with Crippen LogP contribution < -0.4 is 0 Å². The predicted molar refractivity (Wildman–Crippen MR) is 149 cm³/mol. The van der Waals surface area contributed by atoms with E-state index in [4.69, 9.17) is 23.2 Å². The standard InChI is InChI=1S/C30H28Cl2F3N3O/c31-26-11-8-21(15-27(26)32)17-37(13-12-22-16-36-28-7-2-1-6-25(22)28)29(39)19-38(24-9-10-24)18-20-4-3-5-23(14-20)30(33,34)35/h1-8,11,14-16,24,36H,9-10,12-13,17-19H2. The molecule has 3 aromatic carbocycles. The molecule has 1 fully saturated rings. The van der Waals surface area contributed by atoms with E-state index in [0.29, 0.717) is 35.1 Å². The second-order valence-corrected chi connectivity index (χ2v) is 10.8. The number of hydrogen-bond donors (Lipinski definition) is 1. The van der Waals surface area contributed by atoms with E-state index in [1.165, 1.54) is 12.1 Å². The van der Waals surface area contributed by atoms with Gasteiger partial charge in [0, 0.05) is 42.8 Å². The maximum atomic E-state index is 13.7. The van der Waals surface area contributed by atoms with E-state index in [0.717, 1.165) is 40.9 Å². The normalized spacial score (nSPS) is 13.8. The van der Waals surface area contributed by atoms with Crippen molar-refractivity contribution in [3.8, 4) is 0 Å². The summed E-state index contributed by atoms with van der Waals surface area (Å²) < 4.78 is 39.8. The number of carbonyl (C=O) groups excluding carboxylic acids is 1. The Morgan fingerprint density at radius 2 is 1.69 bits per heavy atom. The first-order chi connectivity index (χ1) is 18.7. The Kier molecular flexibility index (Phi) is 8.21. The quantitative estimate of drug-likeness (QED) is 0.211. The van der Waals surface area contributed by atoms with Crippen molar-refractivity contribution in [2.45, 2.75) is 44.6 Å². The number of fused-ring (bicyclic) bond motifs is 1. The molecule has 1 heterocycles. The van der Waals surface area contributed by atoms with Crippen molar-refractivity contribution in [2.24, 2.45) is 0 Å². The van der Waals surface area contributed by atoms with Crippen molar-refractivity contribution in [3.63, 3.8) is 0 Å². The molecule has 39 heavy (non-hydrogen) atoms. The number of halogens is 5. The molecular weight excluding hydrogens is 546 g/mol. The molecular formula is C30H28Cl2F3N3O. The van der Waals surface area contributed by atoms with Gasteiger partial charge in [-0.15, -0.1) is 0 Å². The van der Waals surface area contributed by atoms with Gasteiger partial charge in [0.25, 0.3) is 0 Å². The average Bonchev–Trinajstić information content (AvgIpc) is 3.68. The fraction of sp³-hybridized carbons (Fsp3) is 0.300. The number of aromatic amines is 1. The number of alkyl halides is 3. The summed E-state index contributed by atoms with van der Waals surface area (Å²) in [6, 6.07) is 18.9. The minimum Gasteiger partial charge on any atom is -0.361 e. The van der Waals surface area contributed by atoms with Crippen LogP contribution in [0.2, 0.25) is 10.0 Å². The Hall–Kier alpha value is -3.00. The van der Waals surface area contributed by atoms with E-state index in [9.17, 15) is 18.0 Å². The summed E-state index contributed by atoms with van der Waals surface area (Å²) in [4.78, 5) is 20.8. The zero-order valence-electron chi connectivity index (χ0n) is 21.1. The molecule has 0 atom stereocenters. The minimum atomic E-state index is -4.41. The number of rotatable bonds is 10. The fourth-order valence-corrected chi connectivity index (χ4v) is 5.17. The highest BCUT2D eigenvalue weighted by Crippen LogP contribution is 2.32. The highest BCUT2D eigenvalue weighted by atomic mass is 35.5. The van der Waals surface area contributed by atoms with E-state index in [-0.39, 0.29) is 25.0 Å². The third kappa shape index (κ3) is 6.96. The summed E-state index contributed by atoms with van der Waals surface area (Å²) in [6.07, 6.45) is 0.0583. The second kappa shape index (κ2) is 11.6. The maximum Gasteiger partial charge on any atom is 0.416 e. The van der Waals surface area contributed by atoms with Crippen LogP contribution in [0.4, 0.5) is 13.2 Å². The van der Waals surface area contributed by atoms with Crippen molar-refractivity contribution in [1.82, 2.24) is 14.8 Å². The van der Waals surface area contributed by atoms with E-state index in [1.54, 1.807) is 23.1 Å². The first-order valence-electron chi connectivity index (χ1n) is 12.8. The van der Waals surface area contributed by atoms with Crippen LogP contribution in [0.25, 0.3) is 10.9 Å². The van der Waals surface area contributed by atoms with Gasteiger partial charge < -0.3 is 9.88 Å². The fourth-order valence-electron chi connectivity index (χ4n) is 4.85. The van der Waals surface area contributed by atoms with Gasteiger partial charge in [0.05, 0.1) is 22.2 Å². The van der Waals surface area contributed by atoms with Crippen molar-refractivity contribution < 1.29 is 18.0 Å². The molecule has 4 nitrogen and oxygen atoms in total. The maximum absolute atomic E-state index is 13.7. The largest absolute Gasteiger partial charge is 0.416 e. The summed E-state index contributed by atoms with van der Waals surface area (Å²) in [7, 11) is 0. The molecule has 204 valence electrons. The lowest BCUT2D eigenvalue weighted by molar-refractivity contribution is -0.138. The Morgan fingerprint density at radius 3 is 2.44 bits per heavy atom. The molecule has 9 heteroatoms. The summed E-state index contributed by atoms with van der Waals surface area (Å²) in [5, 5.41) is 1.98. The summed E-state index contributed by atoms with van der Waals surface area (Å²) in [5.74, 6) is -0.0835. The molecule has 0 saturated heterocycles. The molecule has 5 rings (SSSR count). The topological polar surface area (TPSA) is 39.3 Å². The molecule has 0 spiro atoms. The third-order valence-electron chi connectivity index (χ3n) is 7.08. The highest BCUT2D eigenvalue weighted by molar-refractivity contribution is 6.42. The van der Waals surface area contributed by atoms with Gasteiger partial charge in [-0.05, 0) is 60.2 Å². The Morgan fingerprint density at radius 1 is 0.923 bits per heavy atom. The van der Waals surface area contributed by atoms with Crippen LogP contribution in [0.5, 0.6) is 0 Å². The monoisotopic (exact) mass is 573 g/mol. The van der Waals surface area contributed by atoms with E-state index >= 15 is 0 Å². The van der Waals surface area contributed by atoms with E-state index in [2.05, 4.69) is 11.1 Å². The lowest BCUT2D eigenvalue weighted by atomic mass is 10.1. The molecule has 1 aliphatic rings. The van der Waals surface area contributed by atoms with Gasteiger partial charge in [-0.1, -0.05) is 65.7 Å². The molecule has 1 saturated carbocycles. The number of carbonyl (C=O) groups is 1.